The molecule has 0 spiro atoms. The van der Waals surface area contributed by atoms with Crippen LogP contribution in [0.4, 0.5) is 0 Å². The predicted octanol–water partition coefficient (Wildman–Crippen LogP) is 1.21. The third-order valence-corrected chi connectivity index (χ3v) is 3.50. The Morgan fingerprint density at radius 2 is 2.42 bits per heavy atom. The number of nitrogens with zero attached hydrogens (tertiary/aromatic N) is 2. The van der Waals surface area contributed by atoms with E-state index in [9.17, 15) is 4.79 Å². The van der Waals surface area contributed by atoms with E-state index in [2.05, 4.69) is 15.3 Å². The highest BCUT2D eigenvalue weighted by atomic mass is 32.1. The first-order chi connectivity index (χ1) is 9.19. The van der Waals surface area contributed by atoms with Crippen molar-refractivity contribution < 1.29 is 4.79 Å². The van der Waals surface area contributed by atoms with Crippen molar-refractivity contribution in [2.24, 2.45) is 5.73 Å². The molecule has 1 atom stereocenters. The smallest absolute Gasteiger partial charge is 0.226 e. The second kappa shape index (κ2) is 6.40. The van der Waals surface area contributed by atoms with Crippen molar-refractivity contribution in [1.82, 2.24) is 15.3 Å². The van der Waals surface area contributed by atoms with Crippen LogP contribution >= 0.6 is 11.3 Å². The zero-order chi connectivity index (χ0) is 13.7. The van der Waals surface area contributed by atoms with Crippen molar-refractivity contribution >= 4 is 17.2 Å². The van der Waals surface area contributed by atoms with E-state index < -0.39 is 0 Å². The van der Waals surface area contributed by atoms with Crippen LogP contribution in [0.25, 0.3) is 10.6 Å². The highest BCUT2D eigenvalue weighted by Crippen LogP contribution is 2.22. The number of thiazole rings is 1. The van der Waals surface area contributed by atoms with E-state index in [1.165, 1.54) is 11.3 Å². The molecule has 2 heterocycles. The number of hydrogen-bond donors (Lipinski definition) is 2. The summed E-state index contributed by atoms with van der Waals surface area (Å²) in [6.45, 7) is 2.31. The Labute approximate surface area is 115 Å². The first kappa shape index (κ1) is 13.6. The van der Waals surface area contributed by atoms with Gasteiger partial charge in [-0.15, -0.1) is 11.3 Å². The summed E-state index contributed by atoms with van der Waals surface area (Å²) in [5, 5.41) is 5.59. The van der Waals surface area contributed by atoms with E-state index in [0.717, 1.165) is 16.3 Å². The Morgan fingerprint density at radius 3 is 3.11 bits per heavy atom. The van der Waals surface area contributed by atoms with Gasteiger partial charge in [0.15, 0.2) is 0 Å². The van der Waals surface area contributed by atoms with Gasteiger partial charge in [0.1, 0.15) is 5.01 Å². The van der Waals surface area contributed by atoms with E-state index in [1.807, 2.05) is 24.4 Å². The molecule has 0 aliphatic heterocycles. The number of rotatable bonds is 5. The van der Waals surface area contributed by atoms with E-state index in [-0.39, 0.29) is 18.4 Å². The molecular weight excluding hydrogens is 260 g/mol. The summed E-state index contributed by atoms with van der Waals surface area (Å²) in [5.41, 5.74) is 7.19. The summed E-state index contributed by atoms with van der Waals surface area (Å²) >= 11 is 1.51. The van der Waals surface area contributed by atoms with E-state index >= 15 is 0 Å². The van der Waals surface area contributed by atoms with Crippen molar-refractivity contribution in [2.75, 3.05) is 6.54 Å². The minimum Gasteiger partial charge on any atom is -0.352 e. The van der Waals surface area contributed by atoms with Crippen molar-refractivity contribution in [3.63, 3.8) is 0 Å². The number of pyridine rings is 1. The number of carbonyl (C=O) groups is 1. The maximum absolute atomic E-state index is 11.7. The van der Waals surface area contributed by atoms with E-state index in [0.29, 0.717) is 6.54 Å². The molecule has 0 bridgehead atoms. The molecule has 0 unspecified atom stereocenters. The Kier molecular flexibility index (Phi) is 4.59. The molecule has 0 saturated carbocycles. The zero-order valence-electron chi connectivity index (χ0n) is 10.7. The Morgan fingerprint density at radius 1 is 1.58 bits per heavy atom. The highest BCUT2D eigenvalue weighted by Gasteiger charge is 2.10. The lowest BCUT2D eigenvalue weighted by atomic mass is 10.2. The van der Waals surface area contributed by atoms with Gasteiger partial charge >= 0.3 is 0 Å². The fourth-order valence-electron chi connectivity index (χ4n) is 1.56. The molecule has 0 aromatic carbocycles. The summed E-state index contributed by atoms with van der Waals surface area (Å²) in [4.78, 5) is 20.2. The number of nitrogens with two attached hydrogens (primary N) is 1. The lowest BCUT2D eigenvalue weighted by molar-refractivity contribution is -0.121. The van der Waals surface area contributed by atoms with Crippen LogP contribution in [0.15, 0.2) is 29.9 Å². The number of hydrogen-bond acceptors (Lipinski definition) is 5. The standard InChI is InChI=1S/C13H16N4OS/c1-9(6-14)16-12(18)5-11-8-19-13(17-11)10-3-2-4-15-7-10/h2-4,7-9H,5-6,14H2,1H3,(H,16,18)/t9-/m0/s1. The van der Waals surface area contributed by atoms with Gasteiger partial charge in [-0.1, -0.05) is 0 Å². The van der Waals surface area contributed by atoms with Crippen molar-refractivity contribution in [3.05, 3.63) is 35.6 Å². The molecule has 0 saturated heterocycles. The van der Waals surface area contributed by atoms with Gasteiger partial charge in [-0.25, -0.2) is 4.98 Å². The summed E-state index contributed by atoms with van der Waals surface area (Å²) < 4.78 is 0. The normalized spacial score (nSPS) is 12.1. The van der Waals surface area contributed by atoms with Crippen LogP contribution in [0.1, 0.15) is 12.6 Å². The molecule has 5 nitrogen and oxygen atoms in total. The zero-order valence-corrected chi connectivity index (χ0v) is 11.5. The molecule has 2 aromatic heterocycles. The van der Waals surface area contributed by atoms with Crippen molar-refractivity contribution in [2.45, 2.75) is 19.4 Å². The second-order valence-corrected chi connectivity index (χ2v) is 5.12. The molecule has 19 heavy (non-hydrogen) atoms. The summed E-state index contributed by atoms with van der Waals surface area (Å²) in [6, 6.07) is 3.81. The van der Waals surface area contributed by atoms with Gasteiger partial charge in [0.05, 0.1) is 12.1 Å². The largest absolute Gasteiger partial charge is 0.352 e. The molecule has 2 rings (SSSR count). The van der Waals surface area contributed by atoms with E-state index in [4.69, 9.17) is 5.73 Å². The van der Waals surface area contributed by atoms with Crippen LogP contribution in [-0.4, -0.2) is 28.5 Å². The third-order valence-electron chi connectivity index (χ3n) is 2.56. The van der Waals surface area contributed by atoms with Gasteiger partial charge in [0.2, 0.25) is 5.91 Å². The SMILES string of the molecule is C[C@@H](CN)NC(=O)Cc1csc(-c2cccnc2)n1. The molecule has 0 radical (unpaired) electrons. The minimum atomic E-state index is -0.0546. The van der Waals surface area contributed by atoms with Gasteiger partial charge in [-0.2, -0.15) is 0 Å². The summed E-state index contributed by atoms with van der Waals surface area (Å²) in [6.07, 6.45) is 3.76. The molecule has 3 N–H and O–H groups in total. The average molecular weight is 276 g/mol. The molecule has 2 aromatic rings. The van der Waals surface area contributed by atoms with Gasteiger partial charge in [0.25, 0.3) is 0 Å². The minimum absolute atomic E-state index is 0.0103. The molecule has 6 heteroatoms. The number of nitrogens with one attached hydrogen (secondary N) is 1. The molecule has 0 fully saturated rings. The van der Waals surface area contributed by atoms with Gasteiger partial charge in [-0.3, -0.25) is 9.78 Å². The number of amides is 1. The molecule has 1 amide bonds. The van der Waals surface area contributed by atoms with Crippen LogP contribution in [0.5, 0.6) is 0 Å². The average Bonchev–Trinajstić information content (AvgIpc) is 2.88. The highest BCUT2D eigenvalue weighted by molar-refractivity contribution is 7.13. The second-order valence-electron chi connectivity index (χ2n) is 4.27. The first-order valence-electron chi connectivity index (χ1n) is 6.03. The first-order valence-corrected chi connectivity index (χ1v) is 6.91. The van der Waals surface area contributed by atoms with Gasteiger partial charge < -0.3 is 11.1 Å². The number of aromatic nitrogens is 2. The van der Waals surface area contributed by atoms with Crippen molar-refractivity contribution in [3.8, 4) is 10.6 Å². The van der Waals surface area contributed by atoms with Crippen LogP contribution in [0, 0.1) is 0 Å². The monoisotopic (exact) mass is 276 g/mol. The quantitative estimate of drug-likeness (QED) is 0.860. The summed E-state index contributed by atoms with van der Waals surface area (Å²) in [7, 11) is 0. The van der Waals surface area contributed by atoms with E-state index in [1.54, 1.807) is 12.4 Å². The molecular formula is C13H16N4OS. The lowest BCUT2D eigenvalue weighted by Crippen LogP contribution is -2.38. The van der Waals surface area contributed by atoms with Crippen LogP contribution in [0.3, 0.4) is 0 Å². The maximum Gasteiger partial charge on any atom is 0.226 e. The predicted molar refractivity (Wildman–Crippen MR) is 75.7 cm³/mol. The number of carbonyl (C=O) groups excluding carboxylic acids is 1. The van der Waals surface area contributed by atoms with Crippen LogP contribution in [-0.2, 0) is 11.2 Å². The Balaban J connectivity index is 2.00. The fourth-order valence-corrected chi connectivity index (χ4v) is 2.37. The fraction of sp³-hybridized carbons (Fsp3) is 0.308. The van der Waals surface area contributed by atoms with Crippen LogP contribution in [0.2, 0.25) is 0 Å². The summed E-state index contributed by atoms with van der Waals surface area (Å²) in [5.74, 6) is -0.0546. The molecule has 100 valence electrons. The topological polar surface area (TPSA) is 80.9 Å². The third kappa shape index (κ3) is 3.84. The van der Waals surface area contributed by atoms with Gasteiger partial charge in [0, 0.05) is 35.9 Å². The van der Waals surface area contributed by atoms with Gasteiger partial charge in [-0.05, 0) is 19.1 Å². The maximum atomic E-state index is 11.7. The lowest BCUT2D eigenvalue weighted by Gasteiger charge is -2.09. The molecule has 0 aliphatic rings. The Hall–Kier alpha value is -1.79. The van der Waals surface area contributed by atoms with Crippen LogP contribution < -0.4 is 11.1 Å². The molecule has 0 aliphatic carbocycles. The Bertz CT molecular complexity index is 541. The van der Waals surface area contributed by atoms with Crippen molar-refractivity contribution in [1.29, 1.82) is 0 Å².